The van der Waals surface area contributed by atoms with Crippen LogP contribution in [0.4, 0.5) is 0 Å². The lowest BCUT2D eigenvalue weighted by Gasteiger charge is -2.17. The molecule has 0 radical (unpaired) electrons. The third-order valence-electron chi connectivity index (χ3n) is 2.40. The molecule has 0 aromatic carbocycles. The molecule has 1 amide bonds. The maximum absolute atomic E-state index is 11.4. The molecule has 0 aromatic rings. The zero-order valence-corrected chi connectivity index (χ0v) is 10.7. The van der Waals surface area contributed by atoms with E-state index in [2.05, 4.69) is 26.1 Å². The Morgan fingerprint density at radius 3 is 2.60 bits per heavy atom. The minimum atomic E-state index is 0.103. The number of hydrogen-bond donors (Lipinski definition) is 2. The highest BCUT2D eigenvalue weighted by Crippen LogP contribution is 2.31. The Morgan fingerprint density at radius 1 is 1.53 bits per heavy atom. The van der Waals surface area contributed by atoms with E-state index in [0.717, 1.165) is 0 Å². The zero-order chi connectivity index (χ0) is 11.5. The van der Waals surface area contributed by atoms with Crippen LogP contribution in [0.15, 0.2) is 0 Å². The fraction of sp³-hybridized carbons (Fsp3) is 0.909. The second-order valence-electron chi connectivity index (χ2n) is 5.21. The summed E-state index contributed by atoms with van der Waals surface area (Å²) >= 11 is 1.66. The highest BCUT2D eigenvalue weighted by Gasteiger charge is 2.28. The molecule has 0 heterocycles. The van der Waals surface area contributed by atoms with Gasteiger partial charge in [-0.15, -0.1) is 11.8 Å². The molecular weight excluding hydrogens is 208 g/mol. The van der Waals surface area contributed by atoms with Gasteiger partial charge in [0, 0.05) is 17.3 Å². The van der Waals surface area contributed by atoms with Crippen molar-refractivity contribution in [1.82, 2.24) is 5.32 Å². The average molecular weight is 230 g/mol. The van der Waals surface area contributed by atoms with E-state index in [9.17, 15) is 4.79 Å². The van der Waals surface area contributed by atoms with Crippen molar-refractivity contribution in [2.45, 2.75) is 44.4 Å². The third kappa shape index (κ3) is 6.05. The summed E-state index contributed by atoms with van der Waals surface area (Å²) in [7, 11) is 0. The van der Waals surface area contributed by atoms with Crippen LogP contribution in [-0.2, 0) is 4.79 Å². The Balaban J connectivity index is 2.07. The molecule has 1 fully saturated rings. The lowest BCUT2D eigenvalue weighted by molar-refractivity contribution is -0.118. The van der Waals surface area contributed by atoms with Crippen LogP contribution in [0.2, 0.25) is 0 Å². The molecule has 1 rings (SSSR count). The molecule has 88 valence electrons. The van der Waals surface area contributed by atoms with Gasteiger partial charge < -0.3 is 11.1 Å². The van der Waals surface area contributed by atoms with Crippen molar-refractivity contribution in [1.29, 1.82) is 0 Å². The van der Waals surface area contributed by atoms with Crippen LogP contribution in [0.1, 0.15) is 33.6 Å². The monoisotopic (exact) mass is 230 g/mol. The van der Waals surface area contributed by atoms with E-state index in [4.69, 9.17) is 5.73 Å². The number of nitrogens with one attached hydrogen (secondary N) is 1. The Hall–Kier alpha value is -0.220. The van der Waals surface area contributed by atoms with E-state index >= 15 is 0 Å². The molecule has 0 aromatic heterocycles. The Kier molecular flexibility index (Phi) is 4.46. The van der Waals surface area contributed by atoms with E-state index in [1.807, 2.05) is 0 Å². The number of thioether (sulfide) groups is 1. The predicted octanol–water partition coefficient (Wildman–Crippen LogP) is 1.37. The van der Waals surface area contributed by atoms with Gasteiger partial charge in [-0.2, -0.15) is 0 Å². The number of nitrogens with two attached hydrogens (primary N) is 1. The van der Waals surface area contributed by atoms with E-state index < -0.39 is 0 Å². The maximum atomic E-state index is 11.4. The van der Waals surface area contributed by atoms with Gasteiger partial charge in [0.15, 0.2) is 0 Å². The molecule has 0 aliphatic heterocycles. The summed E-state index contributed by atoms with van der Waals surface area (Å²) in [5.41, 5.74) is 5.89. The first-order valence-corrected chi connectivity index (χ1v) is 6.53. The maximum Gasteiger partial charge on any atom is 0.230 e. The fourth-order valence-electron chi connectivity index (χ4n) is 1.26. The molecule has 1 saturated carbocycles. The first kappa shape index (κ1) is 12.8. The molecule has 1 aliphatic carbocycles. The van der Waals surface area contributed by atoms with Gasteiger partial charge >= 0.3 is 0 Å². The van der Waals surface area contributed by atoms with Crippen molar-refractivity contribution >= 4 is 17.7 Å². The first-order valence-electron chi connectivity index (χ1n) is 5.55. The van der Waals surface area contributed by atoms with Gasteiger partial charge in [0.25, 0.3) is 0 Å². The molecule has 0 spiro atoms. The SMILES string of the molecule is CC(C)(C)SCC(=O)NCC(N)C1CC1. The van der Waals surface area contributed by atoms with Crippen LogP contribution in [-0.4, -0.2) is 29.0 Å². The molecule has 0 bridgehead atoms. The molecule has 1 aliphatic rings. The van der Waals surface area contributed by atoms with Crippen LogP contribution in [0.5, 0.6) is 0 Å². The highest BCUT2D eigenvalue weighted by molar-refractivity contribution is 8.01. The molecule has 0 saturated heterocycles. The summed E-state index contributed by atoms with van der Waals surface area (Å²) < 4.78 is 0.149. The summed E-state index contributed by atoms with van der Waals surface area (Å²) in [6.07, 6.45) is 2.46. The van der Waals surface area contributed by atoms with Gasteiger partial charge in [-0.3, -0.25) is 4.79 Å². The minimum absolute atomic E-state index is 0.103. The van der Waals surface area contributed by atoms with E-state index in [0.29, 0.717) is 18.2 Å². The number of amides is 1. The van der Waals surface area contributed by atoms with Gasteiger partial charge in [-0.1, -0.05) is 20.8 Å². The quantitative estimate of drug-likeness (QED) is 0.750. The van der Waals surface area contributed by atoms with E-state index in [1.54, 1.807) is 11.8 Å². The molecule has 4 heteroatoms. The van der Waals surface area contributed by atoms with Crippen LogP contribution >= 0.6 is 11.8 Å². The number of hydrogen-bond acceptors (Lipinski definition) is 3. The van der Waals surface area contributed by atoms with Gasteiger partial charge in [0.1, 0.15) is 0 Å². The summed E-state index contributed by atoms with van der Waals surface area (Å²) in [4.78, 5) is 11.4. The van der Waals surface area contributed by atoms with E-state index in [-0.39, 0.29) is 16.7 Å². The van der Waals surface area contributed by atoms with Gasteiger partial charge in [0.2, 0.25) is 5.91 Å². The number of carbonyl (C=O) groups excluding carboxylic acids is 1. The lowest BCUT2D eigenvalue weighted by atomic mass is 10.2. The minimum Gasteiger partial charge on any atom is -0.354 e. The molecule has 3 nitrogen and oxygen atoms in total. The fourth-order valence-corrected chi connectivity index (χ4v) is 1.92. The lowest BCUT2D eigenvalue weighted by Crippen LogP contribution is -2.39. The van der Waals surface area contributed by atoms with Gasteiger partial charge in [-0.25, -0.2) is 0 Å². The topological polar surface area (TPSA) is 55.1 Å². The van der Waals surface area contributed by atoms with Crippen molar-refractivity contribution in [3.8, 4) is 0 Å². The Labute approximate surface area is 96.6 Å². The largest absolute Gasteiger partial charge is 0.354 e. The molecule has 1 unspecified atom stereocenters. The molecule has 3 N–H and O–H groups in total. The first-order chi connectivity index (χ1) is 6.88. The van der Waals surface area contributed by atoms with Gasteiger partial charge in [-0.05, 0) is 18.8 Å². The van der Waals surface area contributed by atoms with Crippen molar-refractivity contribution in [3.05, 3.63) is 0 Å². The summed E-state index contributed by atoms with van der Waals surface area (Å²) in [5, 5.41) is 2.89. The van der Waals surface area contributed by atoms with Crippen LogP contribution < -0.4 is 11.1 Å². The standard InChI is InChI=1S/C11H22N2OS/c1-11(2,3)15-7-10(14)13-6-9(12)8-4-5-8/h8-9H,4-7,12H2,1-3H3,(H,13,14). The van der Waals surface area contributed by atoms with Crippen molar-refractivity contribution in [2.24, 2.45) is 11.7 Å². The molecule has 1 atom stereocenters. The van der Waals surface area contributed by atoms with Crippen LogP contribution in [0.3, 0.4) is 0 Å². The molecule has 15 heavy (non-hydrogen) atoms. The zero-order valence-electron chi connectivity index (χ0n) is 9.88. The Morgan fingerprint density at radius 2 is 2.13 bits per heavy atom. The summed E-state index contributed by atoms with van der Waals surface area (Å²) in [5.74, 6) is 1.28. The van der Waals surface area contributed by atoms with Crippen LogP contribution in [0.25, 0.3) is 0 Å². The predicted molar refractivity (Wildman–Crippen MR) is 65.9 cm³/mol. The number of carbonyl (C=O) groups is 1. The van der Waals surface area contributed by atoms with E-state index in [1.165, 1.54) is 12.8 Å². The summed E-state index contributed by atoms with van der Waals surface area (Å²) in [6.45, 7) is 6.97. The normalized spacial score (nSPS) is 18.7. The molecular formula is C11H22N2OS. The van der Waals surface area contributed by atoms with Gasteiger partial charge in [0.05, 0.1) is 5.75 Å². The third-order valence-corrected chi connectivity index (χ3v) is 3.67. The smallest absolute Gasteiger partial charge is 0.230 e. The van der Waals surface area contributed by atoms with Crippen LogP contribution in [0, 0.1) is 5.92 Å². The highest BCUT2D eigenvalue weighted by atomic mass is 32.2. The second kappa shape index (κ2) is 5.21. The van der Waals surface area contributed by atoms with Crippen molar-refractivity contribution in [2.75, 3.05) is 12.3 Å². The Bertz CT molecular complexity index is 221. The number of rotatable bonds is 5. The second-order valence-corrected chi connectivity index (χ2v) is 7.01. The van der Waals surface area contributed by atoms with Crippen molar-refractivity contribution < 1.29 is 4.79 Å². The van der Waals surface area contributed by atoms with Crippen molar-refractivity contribution in [3.63, 3.8) is 0 Å². The average Bonchev–Trinajstić information content (AvgIpc) is 2.92. The summed E-state index contributed by atoms with van der Waals surface area (Å²) in [6, 6.07) is 0.161.